The molecular formula is C16H33N. The Kier molecular flexibility index (Phi) is 7.92. The summed E-state index contributed by atoms with van der Waals surface area (Å²) < 4.78 is 0. The smallest absolute Gasteiger partial charge is 0.00693 e. The second kappa shape index (κ2) is 8.97. The Bertz CT molecular complexity index is 166. The molecule has 1 heteroatoms. The third kappa shape index (κ3) is 5.90. The maximum absolute atomic E-state index is 3.57. The molecule has 1 unspecified atom stereocenters. The van der Waals surface area contributed by atoms with Crippen molar-refractivity contribution in [2.45, 2.75) is 84.1 Å². The van der Waals surface area contributed by atoms with Crippen molar-refractivity contribution in [2.24, 2.45) is 11.8 Å². The quantitative estimate of drug-likeness (QED) is 0.632. The molecule has 1 aliphatic carbocycles. The first-order chi connectivity index (χ1) is 8.30. The summed E-state index contributed by atoms with van der Waals surface area (Å²) in [7, 11) is 2.16. The monoisotopic (exact) mass is 239 g/mol. The van der Waals surface area contributed by atoms with E-state index in [9.17, 15) is 0 Å². The Morgan fingerprint density at radius 1 is 1.00 bits per heavy atom. The van der Waals surface area contributed by atoms with Crippen molar-refractivity contribution in [3.05, 3.63) is 0 Å². The zero-order chi connectivity index (χ0) is 12.5. The lowest BCUT2D eigenvalue weighted by molar-refractivity contribution is 0.306. The zero-order valence-electron chi connectivity index (χ0n) is 12.3. The average molecular weight is 239 g/mol. The van der Waals surface area contributed by atoms with E-state index >= 15 is 0 Å². The van der Waals surface area contributed by atoms with E-state index in [1.807, 2.05) is 0 Å². The molecule has 0 aromatic rings. The molecule has 1 fully saturated rings. The molecule has 1 N–H and O–H groups in total. The van der Waals surface area contributed by atoms with Gasteiger partial charge in [0.25, 0.3) is 0 Å². The second-order valence-corrected chi connectivity index (χ2v) is 6.00. The Hall–Kier alpha value is -0.0400. The predicted octanol–water partition coefficient (Wildman–Crippen LogP) is 4.76. The van der Waals surface area contributed by atoms with Crippen LogP contribution >= 0.6 is 0 Å². The SMILES string of the molecule is CCC(CC)CC(CC1CCCCCC1)NC. The van der Waals surface area contributed by atoms with Gasteiger partial charge in [0.2, 0.25) is 0 Å². The van der Waals surface area contributed by atoms with Crippen molar-refractivity contribution in [3.8, 4) is 0 Å². The molecule has 1 saturated carbocycles. The van der Waals surface area contributed by atoms with Gasteiger partial charge in [-0.1, -0.05) is 65.2 Å². The van der Waals surface area contributed by atoms with Gasteiger partial charge >= 0.3 is 0 Å². The van der Waals surface area contributed by atoms with Gasteiger partial charge in [-0.2, -0.15) is 0 Å². The highest BCUT2D eigenvalue weighted by molar-refractivity contribution is 4.75. The molecule has 0 spiro atoms. The van der Waals surface area contributed by atoms with Gasteiger partial charge in [0.15, 0.2) is 0 Å². The highest BCUT2D eigenvalue weighted by Gasteiger charge is 2.19. The Balaban J connectivity index is 2.33. The summed E-state index contributed by atoms with van der Waals surface area (Å²) in [6.45, 7) is 4.68. The zero-order valence-corrected chi connectivity index (χ0v) is 12.3. The molecular weight excluding hydrogens is 206 g/mol. The number of nitrogens with one attached hydrogen (secondary N) is 1. The van der Waals surface area contributed by atoms with Gasteiger partial charge in [-0.25, -0.2) is 0 Å². The fourth-order valence-electron chi connectivity index (χ4n) is 3.36. The van der Waals surface area contributed by atoms with Gasteiger partial charge in [0.1, 0.15) is 0 Å². The first-order valence-corrected chi connectivity index (χ1v) is 7.97. The third-order valence-corrected chi connectivity index (χ3v) is 4.77. The van der Waals surface area contributed by atoms with Crippen molar-refractivity contribution >= 4 is 0 Å². The minimum Gasteiger partial charge on any atom is -0.317 e. The number of hydrogen-bond acceptors (Lipinski definition) is 1. The van der Waals surface area contributed by atoms with Crippen LogP contribution in [0.5, 0.6) is 0 Å². The topological polar surface area (TPSA) is 12.0 Å². The van der Waals surface area contributed by atoms with Crippen molar-refractivity contribution in [1.82, 2.24) is 5.32 Å². The Morgan fingerprint density at radius 2 is 1.59 bits per heavy atom. The van der Waals surface area contributed by atoms with Crippen LogP contribution in [0.2, 0.25) is 0 Å². The van der Waals surface area contributed by atoms with E-state index in [-0.39, 0.29) is 0 Å². The van der Waals surface area contributed by atoms with Gasteiger partial charge in [-0.3, -0.25) is 0 Å². The summed E-state index contributed by atoms with van der Waals surface area (Å²) in [5.74, 6) is 1.93. The van der Waals surface area contributed by atoms with Gasteiger partial charge in [0, 0.05) is 6.04 Å². The summed E-state index contributed by atoms with van der Waals surface area (Å²) >= 11 is 0. The van der Waals surface area contributed by atoms with Crippen LogP contribution < -0.4 is 5.32 Å². The van der Waals surface area contributed by atoms with Crippen LogP contribution in [0.15, 0.2) is 0 Å². The highest BCUT2D eigenvalue weighted by Crippen LogP contribution is 2.28. The summed E-state index contributed by atoms with van der Waals surface area (Å²) in [5.41, 5.74) is 0. The van der Waals surface area contributed by atoms with Crippen LogP contribution in [0.25, 0.3) is 0 Å². The van der Waals surface area contributed by atoms with Crippen molar-refractivity contribution in [2.75, 3.05) is 7.05 Å². The van der Waals surface area contributed by atoms with Crippen LogP contribution in [-0.4, -0.2) is 13.1 Å². The van der Waals surface area contributed by atoms with Crippen molar-refractivity contribution in [3.63, 3.8) is 0 Å². The van der Waals surface area contributed by atoms with Gasteiger partial charge in [-0.05, 0) is 31.7 Å². The van der Waals surface area contributed by atoms with E-state index in [0.717, 1.165) is 17.9 Å². The van der Waals surface area contributed by atoms with Crippen molar-refractivity contribution in [1.29, 1.82) is 0 Å². The first-order valence-electron chi connectivity index (χ1n) is 7.97. The van der Waals surface area contributed by atoms with E-state index in [4.69, 9.17) is 0 Å². The minimum atomic E-state index is 0.767. The molecule has 0 radical (unpaired) electrons. The highest BCUT2D eigenvalue weighted by atomic mass is 14.9. The van der Waals surface area contributed by atoms with E-state index < -0.39 is 0 Å². The molecule has 1 rings (SSSR count). The molecule has 0 amide bonds. The molecule has 0 saturated heterocycles. The predicted molar refractivity (Wildman–Crippen MR) is 77.3 cm³/mol. The Morgan fingerprint density at radius 3 is 2.06 bits per heavy atom. The molecule has 0 aliphatic heterocycles. The lowest BCUT2D eigenvalue weighted by Crippen LogP contribution is -2.30. The third-order valence-electron chi connectivity index (χ3n) is 4.77. The van der Waals surface area contributed by atoms with E-state index in [2.05, 4.69) is 26.2 Å². The Labute approximate surface area is 109 Å². The standard InChI is InChI=1S/C16H33N/c1-4-14(5-2)12-16(17-3)13-15-10-8-6-7-9-11-15/h14-17H,4-13H2,1-3H3. The fraction of sp³-hybridized carbons (Fsp3) is 1.00. The molecule has 1 nitrogen and oxygen atoms in total. The number of rotatable bonds is 7. The average Bonchev–Trinajstić information content (AvgIpc) is 2.62. The van der Waals surface area contributed by atoms with E-state index in [1.165, 1.54) is 64.2 Å². The molecule has 102 valence electrons. The van der Waals surface area contributed by atoms with Crippen LogP contribution in [0.3, 0.4) is 0 Å². The van der Waals surface area contributed by atoms with E-state index in [1.54, 1.807) is 0 Å². The summed E-state index contributed by atoms with van der Waals surface area (Å²) in [5, 5.41) is 3.57. The van der Waals surface area contributed by atoms with Gasteiger partial charge < -0.3 is 5.32 Å². The van der Waals surface area contributed by atoms with Gasteiger partial charge in [-0.15, -0.1) is 0 Å². The molecule has 0 heterocycles. The van der Waals surface area contributed by atoms with Crippen LogP contribution in [0.4, 0.5) is 0 Å². The van der Waals surface area contributed by atoms with Crippen LogP contribution in [0.1, 0.15) is 78.1 Å². The van der Waals surface area contributed by atoms with Gasteiger partial charge in [0.05, 0.1) is 0 Å². The summed E-state index contributed by atoms with van der Waals surface area (Å²) in [6.07, 6.45) is 14.4. The molecule has 0 aromatic heterocycles. The molecule has 1 aliphatic rings. The molecule has 0 bridgehead atoms. The minimum absolute atomic E-state index is 0.767. The largest absolute Gasteiger partial charge is 0.317 e. The second-order valence-electron chi connectivity index (χ2n) is 6.00. The van der Waals surface area contributed by atoms with E-state index in [0.29, 0.717) is 0 Å². The van der Waals surface area contributed by atoms with Crippen molar-refractivity contribution < 1.29 is 0 Å². The number of hydrogen-bond donors (Lipinski definition) is 1. The summed E-state index contributed by atoms with van der Waals surface area (Å²) in [4.78, 5) is 0. The lowest BCUT2D eigenvalue weighted by Gasteiger charge is -2.25. The maximum atomic E-state index is 3.57. The fourth-order valence-corrected chi connectivity index (χ4v) is 3.36. The molecule has 1 atom stereocenters. The summed E-state index contributed by atoms with van der Waals surface area (Å²) in [6, 6.07) is 0.767. The molecule has 17 heavy (non-hydrogen) atoms. The normalized spacial score (nSPS) is 20.5. The lowest BCUT2D eigenvalue weighted by atomic mass is 9.87. The maximum Gasteiger partial charge on any atom is 0.00693 e. The van der Waals surface area contributed by atoms with Crippen LogP contribution in [0, 0.1) is 11.8 Å². The van der Waals surface area contributed by atoms with Crippen LogP contribution in [-0.2, 0) is 0 Å². The molecule has 0 aromatic carbocycles. The first kappa shape index (κ1) is 15.0.